The molecular weight excluding hydrogens is 282 g/mol. The van der Waals surface area contributed by atoms with E-state index in [-0.39, 0.29) is 23.2 Å². The number of amides is 1. The highest BCUT2D eigenvalue weighted by Gasteiger charge is 2.15. The predicted molar refractivity (Wildman–Crippen MR) is 77.4 cm³/mol. The molecule has 0 bridgehead atoms. The molecule has 1 rings (SSSR count). The lowest BCUT2D eigenvalue weighted by Gasteiger charge is -2.24. The molecule has 7 heteroatoms. The summed E-state index contributed by atoms with van der Waals surface area (Å²) < 4.78 is 0. The highest BCUT2D eigenvalue weighted by Crippen LogP contribution is 2.17. The summed E-state index contributed by atoms with van der Waals surface area (Å²) in [4.78, 5) is 30.3. The van der Waals surface area contributed by atoms with Gasteiger partial charge in [0.2, 0.25) is 5.91 Å². The SMILES string of the molecule is CCN(CC)C(=O)CN(C)c1cc(C(=O)O)cc(Cl)n1. The van der Waals surface area contributed by atoms with E-state index in [9.17, 15) is 9.59 Å². The number of carboxylic acid groups (broad SMARTS) is 1. The first-order chi connectivity index (χ1) is 9.38. The van der Waals surface area contributed by atoms with Crippen molar-refractivity contribution in [3.63, 3.8) is 0 Å². The maximum absolute atomic E-state index is 12.0. The van der Waals surface area contributed by atoms with Gasteiger partial charge >= 0.3 is 5.97 Å². The van der Waals surface area contributed by atoms with Gasteiger partial charge in [-0.2, -0.15) is 0 Å². The van der Waals surface area contributed by atoms with Crippen molar-refractivity contribution in [3.8, 4) is 0 Å². The third-order valence-electron chi connectivity index (χ3n) is 2.91. The van der Waals surface area contributed by atoms with Crippen LogP contribution in [0.15, 0.2) is 12.1 Å². The molecule has 0 aliphatic carbocycles. The number of aromatic carboxylic acids is 1. The summed E-state index contributed by atoms with van der Waals surface area (Å²) in [7, 11) is 1.67. The first-order valence-corrected chi connectivity index (χ1v) is 6.66. The molecular formula is C13H18ClN3O3. The number of halogens is 1. The summed E-state index contributed by atoms with van der Waals surface area (Å²) in [5, 5.41) is 9.07. The van der Waals surface area contributed by atoms with Crippen molar-refractivity contribution in [1.82, 2.24) is 9.88 Å². The van der Waals surface area contributed by atoms with Crippen molar-refractivity contribution < 1.29 is 14.7 Å². The zero-order valence-corrected chi connectivity index (χ0v) is 12.5. The van der Waals surface area contributed by atoms with Crippen LogP contribution in [0, 0.1) is 0 Å². The number of carboxylic acids is 1. The Morgan fingerprint density at radius 2 is 1.90 bits per heavy atom. The van der Waals surface area contributed by atoms with E-state index in [0.29, 0.717) is 18.9 Å². The number of hydrogen-bond donors (Lipinski definition) is 1. The van der Waals surface area contributed by atoms with Crippen LogP contribution in [0.5, 0.6) is 0 Å². The van der Waals surface area contributed by atoms with E-state index in [1.54, 1.807) is 16.8 Å². The maximum atomic E-state index is 12.0. The Morgan fingerprint density at radius 1 is 1.30 bits per heavy atom. The van der Waals surface area contributed by atoms with Crippen LogP contribution in [0.25, 0.3) is 0 Å². The van der Waals surface area contributed by atoms with Gasteiger partial charge in [0.05, 0.1) is 12.1 Å². The Labute approximate surface area is 123 Å². The van der Waals surface area contributed by atoms with Gasteiger partial charge < -0.3 is 14.9 Å². The van der Waals surface area contributed by atoms with Gasteiger partial charge in [-0.1, -0.05) is 11.6 Å². The number of nitrogens with zero attached hydrogens (tertiary/aromatic N) is 3. The molecule has 1 aromatic heterocycles. The highest BCUT2D eigenvalue weighted by atomic mass is 35.5. The lowest BCUT2D eigenvalue weighted by molar-refractivity contribution is -0.129. The van der Waals surface area contributed by atoms with Crippen molar-refractivity contribution in [2.75, 3.05) is 31.6 Å². The first kappa shape index (κ1) is 16.2. The van der Waals surface area contributed by atoms with E-state index in [0.717, 1.165) is 0 Å². The molecule has 1 aromatic rings. The Bertz CT molecular complexity index is 504. The smallest absolute Gasteiger partial charge is 0.335 e. The lowest BCUT2D eigenvalue weighted by atomic mass is 10.2. The fourth-order valence-corrected chi connectivity index (χ4v) is 1.97. The molecule has 20 heavy (non-hydrogen) atoms. The minimum atomic E-state index is -1.08. The average molecular weight is 300 g/mol. The molecule has 1 heterocycles. The molecule has 0 aromatic carbocycles. The van der Waals surface area contributed by atoms with Crippen molar-refractivity contribution >= 4 is 29.3 Å². The molecule has 110 valence electrons. The van der Waals surface area contributed by atoms with Gasteiger partial charge in [0.25, 0.3) is 0 Å². The Hall–Kier alpha value is -1.82. The fourth-order valence-electron chi connectivity index (χ4n) is 1.76. The molecule has 0 fully saturated rings. The summed E-state index contributed by atoms with van der Waals surface area (Å²) >= 11 is 5.80. The molecule has 0 aliphatic rings. The maximum Gasteiger partial charge on any atom is 0.335 e. The van der Waals surface area contributed by atoms with Crippen molar-refractivity contribution in [2.24, 2.45) is 0 Å². The molecule has 0 spiro atoms. The summed E-state index contributed by atoms with van der Waals surface area (Å²) in [6.07, 6.45) is 0. The van der Waals surface area contributed by atoms with Gasteiger partial charge in [-0.25, -0.2) is 9.78 Å². The zero-order chi connectivity index (χ0) is 15.3. The van der Waals surface area contributed by atoms with Crippen LogP contribution in [0.3, 0.4) is 0 Å². The standard InChI is InChI=1S/C13H18ClN3O3/c1-4-17(5-2)12(18)8-16(3)11-7-9(13(19)20)6-10(14)15-11/h6-7H,4-5,8H2,1-3H3,(H,19,20). The highest BCUT2D eigenvalue weighted by molar-refractivity contribution is 6.29. The van der Waals surface area contributed by atoms with Crippen LogP contribution < -0.4 is 4.90 Å². The molecule has 0 saturated carbocycles. The van der Waals surface area contributed by atoms with E-state index in [1.165, 1.54) is 12.1 Å². The Kier molecular flexibility index (Phi) is 5.76. The van der Waals surface area contributed by atoms with Gasteiger partial charge in [-0.05, 0) is 26.0 Å². The largest absolute Gasteiger partial charge is 0.478 e. The molecule has 0 atom stereocenters. The predicted octanol–water partition coefficient (Wildman–Crippen LogP) is 1.74. The van der Waals surface area contributed by atoms with Gasteiger partial charge in [-0.15, -0.1) is 0 Å². The van der Waals surface area contributed by atoms with Crippen LogP contribution in [0.4, 0.5) is 5.82 Å². The molecule has 0 aliphatic heterocycles. The second kappa shape index (κ2) is 7.09. The number of aromatic nitrogens is 1. The second-order valence-electron chi connectivity index (χ2n) is 4.26. The van der Waals surface area contributed by atoms with E-state index >= 15 is 0 Å². The van der Waals surface area contributed by atoms with Crippen LogP contribution >= 0.6 is 11.6 Å². The molecule has 1 amide bonds. The quantitative estimate of drug-likeness (QED) is 0.810. The summed E-state index contributed by atoms with van der Waals surface area (Å²) in [5.41, 5.74) is 0.0436. The number of carbonyl (C=O) groups is 2. The van der Waals surface area contributed by atoms with Crippen LogP contribution in [0.1, 0.15) is 24.2 Å². The number of likely N-dealkylation sites (N-methyl/N-ethyl adjacent to an activating group) is 2. The first-order valence-electron chi connectivity index (χ1n) is 6.28. The van der Waals surface area contributed by atoms with Gasteiger partial charge in [-0.3, -0.25) is 4.79 Å². The van der Waals surface area contributed by atoms with E-state index in [2.05, 4.69) is 4.98 Å². The third-order valence-corrected chi connectivity index (χ3v) is 3.10. The monoisotopic (exact) mass is 299 g/mol. The van der Waals surface area contributed by atoms with E-state index in [4.69, 9.17) is 16.7 Å². The third kappa shape index (κ3) is 4.09. The average Bonchev–Trinajstić information content (AvgIpc) is 2.39. The molecule has 0 radical (unpaired) electrons. The number of carbonyl (C=O) groups excluding carboxylic acids is 1. The van der Waals surface area contributed by atoms with Crippen molar-refractivity contribution in [3.05, 3.63) is 22.8 Å². The number of hydrogen-bond acceptors (Lipinski definition) is 4. The fraction of sp³-hybridized carbons (Fsp3) is 0.462. The zero-order valence-electron chi connectivity index (χ0n) is 11.8. The topological polar surface area (TPSA) is 73.7 Å². The second-order valence-corrected chi connectivity index (χ2v) is 4.65. The molecule has 0 unspecified atom stereocenters. The van der Waals surface area contributed by atoms with Gasteiger partial charge in [0, 0.05) is 20.1 Å². The van der Waals surface area contributed by atoms with Crippen LogP contribution in [-0.4, -0.2) is 53.5 Å². The summed E-state index contributed by atoms with van der Waals surface area (Å²) in [6.45, 7) is 5.19. The molecule has 1 N–H and O–H groups in total. The Balaban J connectivity index is 2.89. The lowest BCUT2D eigenvalue weighted by Crippen LogP contribution is -2.39. The van der Waals surface area contributed by atoms with Crippen molar-refractivity contribution in [2.45, 2.75) is 13.8 Å². The number of rotatable bonds is 6. The van der Waals surface area contributed by atoms with E-state index in [1.807, 2.05) is 13.8 Å². The minimum absolute atomic E-state index is 0.0436. The molecule has 6 nitrogen and oxygen atoms in total. The summed E-state index contributed by atoms with van der Waals surface area (Å²) in [5.74, 6) is -0.773. The van der Waals surface area contributed by atoms with Crippen LogP contribution in [-0.2, 0) is 4.79 Å². The Morgan fingerprint density at radius 3 is 2.40 bits per heavy atom. The number of anilines is 1. The van der Waals surface area contributed by atoms with Gasteiger partial charge in [0.1, 0.15) is 11.0 Å². The van der Waals surface area contributed by atoms with Gasteiger partial charge in [0.15, 0.2) is 0 Å². The minimum Gasteiger partial charge on any atom is -0.478 e. The van der Waals surface area contributed by atoms with E-state index < -0.39 is 5.97 Å². The van der Waals surface area contributed by atoms with Crippen LogP contribution in [0.2, 0.25) is 5.15 Å². The number of pyridine rings is 1. The summed E-state index contributed by atoms with van der Waals surface area (Å²) in [6, 6.07) is 2.66. The van der Waals surface area contributed by atoms with Crippen molar-refractivity contribution in [1.29, 1.82) is 0 Å². The normalized spacial score (nSPS) is 10.2. The molecule has 0 saturated heterocycles.